The van der Waals surface area contributed by atoms with Crippen molar-refractivity contribution in [1.29, 1.82) is 0 Å². The average molecular weight is 361 g/mol. The zero-order valence-corrected chi connectivity index (χ0v) is 13.3. The molecule has 19 heavy (non-hydrogen) atoms. The number of rotatable bonds is 3. The minimum atomic E-state index is 0.175. The summed E-state index contributed by atoms with van der Waals surface area (Å²) in [6.45, 7) is 2.36. The number of anilines is 1. The van der Waals surface area contributed by atoms with Crippen molar-refractivity contribution in [3.63, 3.8) is 0 Å². The molecule has 2 nitrogen and oxygen atoms in total. The van der Waals surface area contributed by atoms with Crippen molar-refractivity contribution in [3.05, 3.63) is 56.0 Å². The van der Waals surface area contributed by atoms with Gasteiger partial charge in [-0.15, -0.1) is 0 Å². The number of benzene rings is 2. The molecule has 100 valence electrons. The Kier molecular flexibility index (Phi) is 4.61. The summed E-state index contributed by atoms with van der Waals surface area (Å²) in [5.74, 6) is 0.175. The Balaban J connectivity index is 2.22. The Morgan fingerprint density at radius 3 is 2.63 bits per heavy atom. The van der Waals surface area contributed by atoms with E-state index in [0.29, 0.717) is 22.2 Å². The number of aryl methyl sites for hydroxylation is 1. The lowest BCUT2D eigenvalue weighted by atomic mass is 10.2. The maximum atomic E-state index is 9.78. The summed E-state index contributed by atoms with van der Waals surface area (Å²) in [5, 5.41) is 14.2. The molecular weight excluding hydrogens is 349 g/mol. The van der Waals surface area contributed by atoms with Crippen LogP contribution in [0, 0.1) is 6.92 Å². The smallest absolute Gasteiger partial charge is 0.122 e. The van der Waals surface area contributed by atoms with Gasteiger partial charge in [0.15, 0.2) is 0 Å². The number of hydrogen-bond acceptors (Lipinski definition) is 2. The van der Waals surface area contributed by atoms with Crippen LogP contribution in [0.3, 0.4) is 0 Å². The molecule has 0 radical (unpaired) electrons. The van der Waals surface area contributed by atoms with E-state index in [2.05, 4.69) is 21.2 Å². The van der Waals surface area contributed by atoms with E-state index in [1.165, 1.54) is 0 Å². The second-order valence-electron chi connectivity index (χ2n) is 4.17. The van der Waals surface area contributed by atoms with Crippen LogP contribution in [0.15, 0.2) is 34.8 Å². The molecule has 0 amide bonds. The van der Waals surface area contributed by atoms with Gasteiger partial charge in [0.1, 0.15) is 5.75 Å². The standard InChI is InChI=1S/C14H12BrCl2NO/c1-8-5-10(15)13(6-12(8)17)18-7-9-11(16)3-2-4-14(9)19/h2-6,18-19H,7H2,1H3. The predicted octanol–water partition coefficient (Wildman–Crippen LogP) is 5.38. The number of phenols is 1. The lowest BCUT2D eigenvalue weighted by Crippen LogP contribution is -2.01. The Hall–Kier alpha value is -0.900. The molecule has 2 rings (SSSR count). The van der Waals surface area contributed by atoms with Gasteiger partial charge in [-0.25, -0.2) is 0 Å². The van der Waals surface area contributed by atoms with Crippen molar-refractivity contribution in [2.75, 3.05) is 5.32 Å². The SMILES string of the molecule is Cc1cc(Br)c(NCc2c(O)cccc2Cl)cc1Cl. The van der Waals surface area contributed by atoms with E-state index in [0.717, 1.165) is 15.7 Å². The molecule has 0 saturated heterocycles. The monoisotopic (exact) mass is 359 g/mol. The van der Waals surface area contributed by atoms with Crippen LogP contribution >= 0.6 is 39.1 Å². The van der Waals surface area contributed by atoms with Gasteiger partial charge in [0.25, 0.3) is 0 Å². The quantitative estimate of drug-likeness (QED) is 0.769. The predicted molar refractivity (Wildman–Crippen MR) is 84.3 cm³/mol. The van der Waals surface area contributed by atoms with Crippen molar-refractivity contribution >= 4 is 44.8 Å². The summed E-state index contributed by atoms with van der Waals surface area (Å²) < 4.78 is 0.918. The number of phenolic OH excluding ortho intramolecular Hbond substituents is 1. The van der Waals surface area contributed by atoms with Crippen LogP contribution in [0.2, 0.25) is 10.0 Å². The minimum absolute atomic E-state index is 0.175. The van der Waals surface area contributed by atoms with Gasteiger partial charge in [-0.1, -0.05) is 29.3 Å². The van der Waals surface area contributed by atoms with Crippen molar-refractivity contribution in [2.45, 2.75) is 13.5 Å². The Morgan fingerprint density at radius 2 is 1.95 bits per heavy atom. The first-order chi connectivity index (χ1) is 8.99. The third-order valence-corrected chi connectivity index (χ3v) is 4.22. The molecule has 2 aromatic rings. The van der Waals surface area contributed by atoms with Gasteiger partial charge in [-0.2, -0.15) is 0 Å². The van der Waals surface area contributed by atoms with Crippen LogP contribution in [0.4, 0.5) is 5.69 Å². The highest BCUT2D eigenvalue weighted by atomic mass is 79.9. The van der Waals surface area contributed by atoms with Gasteiger partial charge >= 0.3 is 0 Å². The molecule has 2 N–H and O–H groups in total. The summed E-state index contributed by atoms with van der Waals surface area (Å²) in [6, 6.07) is 8.85. The van der Waals surface area contributed by atoms with Crippen LogP contribution in [0.5, 0.6) is 5.75 Å². The minimum Gasteiger partial charge on any atom is -0.508 e. The maximum absolute atomic E-state index is 9.78. The van der Waals surface area contributed by atoms with Gasteiger partial charge in [0.05, 0.1) is 5.69 Å². The highest BCUT2D eigenvalue weighted by Gasteiger charge is 2.08. The molecule has 0 fully saturated rings. The first-order valence-corrected chi connectivity index (χ1v) is 7.20. The summed E-state index contributed by atoms with van der Waals surface area (Å²) >= 11 is 15.6. The van der Waals surface area contributed by atoms with Gasteiger partial charge in [-0.05, 0) is 52.7 Å². The van der Waals surface area contributed by atoms with Crippen LogP contribution in [-0.2, 0) is 6.54 Å². The molecule has 0 aliphatic heterocycles. The van der Waals surface area contributed by atoms with E-state index < -0.39 is 0 Å². The van der Waals surface area contributed by atoms with E-state index in [1.807, 2.05) is 19.1 Å². The molecule has 5 heteroatoms. The Morgan fingerprint density at radius 1 is 1.21 bits per heavy atom. The van der Waals surface area contributed by atoms with E-state index in [-0.39, 0.29) is 5.75 Å². The fraction of sp³-hybridized carbons (Fsp3) is 0.143. The van der Waals surface area contributed by atoms with Crippen molar-refractivity contribution in [2.24, 2.45) is 0 Å². The number of nitrogens with one attached hydrogen (secondary N) is 1. The van der Waals surface area contributed by atoms with Crippen LogP contribution in [0.25, 0.3) is 0 Å². The molecule has 0 aromatic heterocycles. The Bertz CT molecular complexity index is 596. The second kappa shape index (κ2) is 6.04. The molecule has 0 aliphatic carbocycles. The molecule has 0 bridgehead atoms. The average Bonchev–Trinajstić information content (AvgIpc) is 2.34. The van der Waals surface area contributed by atoms with Crippen molar-refractivity contribution < 1.29 is 5.11 Å². The van der Waals surface area contributed by atoms with Gasteiger partial charge in [-0.3, -0.25) is 0 Å². The lowest BCUT2D eigenvalue weighted by molar-refractivity contribution is 0.469. The first-order valence-electron chi connectivity index (χ1n) is 5.65. The summed E-state index contributed by atoms with van der Waals surface area (Å²) in [5.41, 5.74) is 2.52. The van der Waals surface area contributed by atoms with Crippen molar-refractivity contribution in [3.8, 4) is 5.75 Å². The van der Waals surface area contributed by atoms with E-state index >= 15 is 0 Å². The molecule has 0 atom stereocenters. The zero-order valence-electron chi connectivity index (χ0n) is 10.2. The largest absolute Gasteiger partial charge is 0.508 e. The first kappa shape index (κ1) is 14.5. The molecule has 0 heterocycles. The fourth-order valence-electron chi connectivity index (χ4n) is 1.69. The normalized spacial score (nSPS) is 10.5. The van der Waals surface area contributed by atoms with Gasteiger partial charge in [0.2, 0.25) is 0 Å². The highest BCUT2D eigenvalue weighted by molar-refractivity contribution is 9.10. The second-order valence-corrected chi connectivity index (χ2v) is 5.84. The topological polar surface area (TPSA) is 32.3 Å². The highest BCUT2D eigenvalue weighted by Crippen LogP contribution is 2.31. The summed E-state index contributed by atoms with van der Waals surface area (Å²) in [7, 11) is 0. The molecular formula is C14H12BrCl2NO. The zero-order chi connectivity index (χ0) is 14.0. The van der Waals surface area contributed by atoms with Gasteiger partial charge < -0.3 is 10.4 Å². The van der Waals surface area contributed by atoms with E-state index in [1.54, 1.807) is 18.2 Å². The number of aromatic hydroxyl groups is 1. The summed E-state index contributed by atoms with van der Waals surface area (Å²) in [4.78, 5) is 0. The number of hydrogen-bond donors (Lipinski definition) is 2. The van der Waals surface area contributed by atoms with Crippen LogP contribution < -0.4 is 5.32 Å². The molecule has 0 unspecified atom stereocenters. The van der Waals surface area contributed by atoms with Crippen LogP contribution in [-0.4, -0.2) is 5.11 Å². The van der Waals surface area contributed by atoms with Crippen molar-refractivity contribution in [1.82, 2.24) is 0 Å². The molecule has 2 aromatic carbocycles. The Labute approximate surface area is 130 Å². The third kappa shape index (κ3) is 3.35. The van der Waals surface area contributed by atoms with Gasteiger partial charge in [0, 0.05) is 26.6 Å². The van der Waals surface area contributed by atoms with E-state index in [4.69, 9.17) is 23.2 Å². The number of halogens is 3. The molecule has 0 spiro atoms. The third-order valence-electron chi connectivity index (χ3n) is 2.80. The maximum Gasteiger partial charge on any atom is 0.122 e. The van der Waals surface area contributed by atoms with E-state index in [9.17, 15) is 5.11 Å². The molecule has 0 saturated carbocycles. The fourth-order valence-corrected chi connectivity index (χ4v) is 2.69. The molecule has 0 aliphatic rings. The summed E-state index contributed by atoms with van der Waals surface area (Å²) in [6.07, 6.45) is 0. The van der Waals surface area contributed by atoms with Crippen LogP contribution in [0.1, 0.15) is 11.1 Å². The lowest BCUT2D eigenvalue weighted by Gasteiger charge is -2.12.